The maximum Gasteiger partial charge on any atom is 0.123 e. The fourth-order valence-corrected chi connectivity index (χ4v) is 2.99. The zero-order valence-electron chi connectivity index (χ0n) is 11.3. The van der Waals surface area contributed by atoms with E-state index in [4.69, 9.17) is 4.74 Å². The van der Waals surface area contributed by atoms with Crippen LogP contribution in [-0.4, -0.2) is 14.2 Å². The Morgan fingerprint density at radius 1 is 1.17 bits per heavy atom. The van der Waals surface area contributed by atoms with Gasteiger partial charge in [-0.15, -0.1) is 11.3 Å². The molecule has 0 saturated carbocycles. The summed E-state index contributed by atoms with van der Waals surface area (Å²) in [5.74, 6) is 0.936. The standard InChI is InChI=1S/C15H19NOS/c1-10-5-6-14(17-4)13(9-10)15(16-3)12-7-8-18-11(12)2/h5-9,15-16H,1-4H3. The van der Waals surface area contributed by atoms with E-state index in [0.717, 1.165) is 5.75 Å². The Bertz CT molecular complexity index is 533. The first-order chi connectivity index (χ1) is 8.67. The molecule has 0 radical (unpaired) electrons. The molecule has 0 saturated heterocycles. The van der Waals surface area contributed by atoms with Crippen LogP contribution in [0, 0.1) is 13.8 Å². The second-order valence-corrected chi connectivity index (χ2v) is 5.52. The van der Waals surface area contributed by atoms with Crippen molar-refractivity contribution >= 4 is 11.3 Å². The van der Waals surface area contributed by atoms with Crippen LogP contribution in [0.1, 0.15) is 27.6 Å². The van der Waals surface area contributed by atoms with Gasteiger partial charge in [-0.2, -0.15) is 0 Å². The van der Waals surface area contributed by atoms with E-state index >= 15 is 0 Å². The predicted octanol–water partition coefficient (Wildman–Crippen LogP) is 3.68. The van der Waals surface area contributed by atoms with Crippen LogP contribution in [0.25, 0.3) is 0 Å². The molecule has 0 spiro atoms. The number of nitrogens with one attached hydrogen (secondary N) is 1. The molecular weight excluding hydrogens is 242 g/mol. The van der Waals surface area contributed by atoms with Gasteiger partial charge in [0.05, 0.1) is 13.2 Å². The number of aryl methyl sites for hydroxylation is 2. The van der Waals surface area contributed by atoms with E-state index in [-0.39, 0.29) is 6.04 Å². The molecule has 1 atom stereocenters. The topological polar surface area (TPSA) is 21.3 Å². The Kier molecular flexibility index (Phi) is 4.04. The number of rotatable bonds is 4. The van der Waals surface area contributed by atoms with Gasteiger partial charge in [-0.1, -0.05) is 17.7 Å². The van der Waals surface area contributed by atoms with E-state index in [1.165, 1.54) is 21.6 Å². The van der Waals surface area contributed by atoms with Gasteiger partial charge < -0.3 is 10.1 Å². The lowest BCUT2D eigenvalue weighted by Crippen LogP contribution is -2.18. The predicted molar refractivity (Wildman–Crippen MR) is 77.7 cm³/mol. The van der Waals surface area contributed by atoms with Crippen molar-refractivity contribution in [1.29, 1.82) is 0 Å². The maximum absolute atomic E-state index is 5.48. The molecule has 2 aromatic rings. The number of benzene rings is 1. The summed E-state index contributed by atoms with van der Waals surface area (Å²) in [6.45, 7) is 4.27. The molecule has 18 heavy (non-hydrogen) atoms. The maximum atomic E-state index is 5.48. The van der Waals surface area contributed by atoms with Gasteiger partial charge in [0.25, 0.3) is 0 Å². The first kappa shape index (κ1) is 13.1. The first-order valence-electron chi connectivity index (χ1n) is 6.03. The van der Waals surface area contributed by atoms with Gasteiger partial charge >= 0.3 is 0 Å². The van der Waals surface area contributed by atoms with E-state index in [1.807, 2.05) is 13.1 Å². The summed E-state index contributed by atoms with van der Waals surface area (Å²) in [6, 6.07) is 8.68. The average Bonchev–Trinajstić information content (AvgIpc) is 2.77. The van der Waals surface area contributed by atoms with Gasteiger partial charge in [0.1, 0.15) is 5.75 Å². The highest BCUT2D eigenvalue weighted by atomic mass is 32.1. The lowest BCUT2D eigenvalue weighted by Gasteiger charge is -2.20. The van der Waals surface area contributed by atoms with Gasteiger partial charge in [0.2, 0.25) is 0 Å². The van der Waals surface area contributed by atoms with Crippen LogP contribution in [-0.2, 0) is 0 Å². The third kappa shape index (κ3) is 2.42. The van der Waals surface area contributed by atoms with Crippen LogP contribution in [0.4, 0.5) is 0 Å². The molecular formula is C15H19NOS. The Labute approximate surface area is 113 Å². The Hall–Kier alpha value is -1.32. The van der Waals surface area contributed by atoms with Crippen LogP contribution in [0.3, 0.4) is 0 Å². The number of ether oxygens (including phenoxy) is 1. The molecule has 1 N–H and O–H groups in total. The van der Waals surface area contributed by atoms with Crippen molar-refractivity contribution in [2.75, 3.05) is 14.2 Å². The summed E-state index contributed by atoms with van der Waals surface area (Å²) < 4.78 is 5.48. The SMILES string of the molecule is CNC(c1cc(C)ccc1OC)c1ccsc1C. The molecule has 0 fully saturated rings. The molecule has 0 aliphatic carbocycles. The highest BCUT2D eigenvalue weighted by Gasteiger charge is 2.18. The smallest absolute Gasteiger partial charge is 0.123 e. The van der Waals surface area contributed by atoms with E-state index in [1.54, 1.807) is 18.4 Å². The molecule has 1 aromatic heterocycles. The van der Waals surface area contributed by atoms with Crippen molar-refractivity contribution in [3.63, 3.8) is 0 Å². The van der Waals surface area contributed by atoms with Crippen molar-refractivity contribution < 1.29 is 4.74 Å². The summed E-state index contributed by atoms with van der Waals surface area (Å²) in [5, 5.41) is 5.53. The molecule has 2 rings (SSSR count). The molecule has 96 valence electrons. The fourth-order valence-electron chi connectivity index (χ4n) is 2.25. The third-order valence-corrected chi connectivity index (χ3v) is 4.06. The minimum absolute atomic E-state index is 0.186. The Morgan fingerprint density at radius 3 is 2.50 bits per heavy atom. The summed E-state index contributed by atoms with van der Waals surface area (Å²) >= 11 is 1.78. The molecule has 0 aliphatic heterocycles. The van der Waals surface area contributed by atoms with Crippen LogP contribution in [0.2, 0.25) is 0 Å². The average molecular weight is 261 g/mol. The molecule has 1 heterocycles. The van der Waals surface area contributed by atoms with Crippen LogP contribution < -0.4 is 10.1 Å². The van der Waals surface area contributed by atoms with Crippen LogP contribution >= 0.6 is 11.3 Å². The number of hydrogen-bond acceptors (Lipinski definition) is 3. The molecule has 0 amide bonds. The highest BCUT2D eigenvalue weighted by molar-refractivity contribution is 7.10. The van der Waals surface area contributed by atoms with Gasteiger partial charge in [-0.05, 0) is 44.0 Å². The minimum Gasteiger partial charge on any atom is -0.496 e. The van der Waals surface area contributed by atoms with Crippen LogP contribution in [0.15, 0.2) is 29.6 Å². The summed E-state index contributed by atoms with van der Waals surface area (Å²) in [5.41, 5.74) is 3.77. The normalized spacial score (nSPS) is 12.4. The number of hydrogen-bond donors (Lipinski definition) is 1. The fraction of sp³-hybridized carbons (Fsp3) is 0.333. The number of thiophene rings is 1. The lowest BCUT2D eigenvalue weighted by atomic mass is 9.97. The van der Waals surface area contributed by atoms with Crippen molar-refractivity contribution in [3.05, 3.63) is 51.2 Å². The molecule has 0 aliphatic rings. The summed E-state index contributed by atoms with van der Waals surface area (Å²) in [6.07, 6.45) is 0. The van der Waals surface area contributed by atoms with E-state index in [0.29, 0.717) is 0 Å². The largest absolute Gasteiger partial charge is 0.496 e. The van der Waals surface area contributed by atoms with Crippen molar-refractivity contribution in [1.82, 2.24) is 5.32 Å². The van der Waals surface area contributed by atoms with Gasteiger partial charge in [-0.3, -0.25) is 0 Å². The second kappa shape index (κ2) is 5.55. The Morgan fingerprint density at radius 2 is 1.94 bits per heavy atom. The van der Waals surface area contributed by atoms with E-state index < -0.39 is 0 Å². The van der Waals surface area contributed by atoms with E-state index in [9.17, 15) is 0 Å². The van der Waals surface area contributed by atoms with Crippen LogP contribution in [0.5, 0.6) is 5.75 Å². The third-order valence-electron chi connectivity index (χ3n) is 3.19. The monoisotopic (exact) mass is 261 g/mol. The van der Waals surface area contributed by atoms with Gasteiger partial charge in [0, 0.05) is 10.4 Å². The minimum atomic E-state index is 0.186. The molecule has 3 heteroatoms. The van der Waals surface area contributed by atoms with Crippen molar-refractivity contribution in [2.45, 2.75) is 19.9 Å². The zero-order chi connectivity index (χ0) is 13.1. The van der Waals surface area contributed by atoms with Crippen molar-refractivity contribution in [2.24, 2.45) is 0 Å². The molecule has 1 unspecified atom stereocenters. The first-order valence-corrected chi connectivity index (χ1v) is 6.91. The summed E-state index contributed by atoms with van der Waals surface area (Å²) in [4.78, 5) is 1.35. The van der Waals surface area contributed by atoms with Gasteiger partial charge in [0.15, 0.2) is 0 Å². The molecule has 1 aromatic carbocycles. The van der Waals surface area contributed by atoms with Gasteiger partial charge in [-0.25, -0.2) is 0 Å². The molecule has 0 bridgehead atoms. The number of methoxy groups -OCH3 is 1. The van der Waals surface area contributed by atoms with E-state index in [2.05, 4.69) is 42.7 Å². The highest BCUT2D eigenvalue weighted by Crippen LogP contribution is 2.33. The lowest BCUT2D eigenvalue weighted by molar-refractivity contribution is 0.405. The Balaban J connectivity index is 2.51. The van der Waals surface area contributed by atoms with Crippen molar-refractivity contribution in [3.8, 4) is 5.75 Å². The second-order valence-electron chi connectivity index (χ2n) is 4.40. The summed E-state index contributed by atoms with van der Waals surface area (Å²) in [7, 11) is 3.71. The quantitative estimate of drug-likeness (QED) is 0.906. The zero-order valence-corrected chi connectivity index (χ0v) is 12.1. The molecule has 2 nitrogen and oxygen atoms in total.